The molecule has 1 aromatic rings. The van der Waals surface area contributed by atoms with Crippen LogP contribution in [0.25, 0.3) is 0 Å². The predicted octanol–water partition coefficient (Wildman–Crippen LogP) is 2.49. The van der Waals surface area contributed by atoms with E-state index in [1.807, 2.05) is 12.3 Å². The van der Waals surface area contributed by atoms with Gasteiger partial charge in [0.15, 0.2) is 0 Å². The van der Waals surface area contributed by atoms with Gasteiger partial charge in [-0.15, -0.1) is 6.58 Å². The fraction of sp³-hybridized carbons (Fsp3) is 0.364. The quantitative estimate of drug-likeness (QED) is 0.528. The van der Waals surface area contributed by atoms with Gasteiger partial charge >= 0.3 is 0 Å². The van der Waals surface area contributed by atoms with Crippen molar-refractivity contribution in [3.63, 3.8) is 0 Å². The number of aryl methyl sites for hydroxylation is 1. The van der Waals surface area contributed by atoms with Crippen LogP contribution in [0.15, 0.2) is 31.0 Å². The monoisotopic (exact) mass is 191 g/mol. The summed E-state index contributed by atoms with van der Waals surface area (Å²) in [5, 5.41) is 1.28. The largest absolute Gasteiger partial charge is 0.266 e. The number of pyridine rings is 1. The molecule has 2 heteroatoms. The van der Waals surface area contributed by atoms with Crippen LogP contribution in [-0.2, 0) is 0 Å². The highest BCUT2D eigenvalue weighted by Gasteiger charge is 2.22. The van der Waals surface area contributed by atoms with Crippen LogP contribution in [0.1, 0.15) is 5.56 Å². The summed E-state index contributed by atoms with van der Waals surface area (Å²) < 4.78 is 0. The summed E-state index contributed by atoms with van der Waals surface area (Å²) in [7, 11) is -1.33. The highest BCUT2D eigenvalue weighted by molar-refractivity contribution is 6.89. The van der Waals surface area contributed by atoms with Gasteiger partial charge in [-0.05, 0) is 24.6 Å². The Morgan fingerprint density at radius 3 is 2.62 bits per heavy atom. The zero-order chi connectivity index (χ0) is 9.90. The van der Waals surface area contributed by atoms with Gasteiger partial charge in [0.25, 0.3) is 0 Å². The van der Waals surface area contributed by atoms with E-state index in [1.54, 1.807) is 0 Å². The number of rotatable bonds is 3. The van der Waals surface area contributed by atoms with Gasteiger partial charge in [-0.2, -0.15) is 0 Å². The summed E-state index contributed by atoms with van der Waals surface area (Å²) in [5.41, 5.74) is 1.23. The summed E-state index contributed by atoms with van der Waals surface area (Å²) in [6.07, 6.45) is 3.96. The number of aromatic nitrogens is 1. The Labute approximate surface area is 81.5 Å². The highest BCUT2D eigenvalue weighted by atomic mass is 28.3. The van der Waals surface area contributed by atoms with E-state index >= 15 is 0 Å². The van der Waals surface area contributed by atoms with Gasteiger partial charge in [0.1, 0.15) is 8.07 Å². The second-order valence-electron chi connectivity index (χ2n) is 4.10. The van der Waals surface area contributed by atoms with Crippen molar-refractivity contribution in [1.29, 1.82) is 0 Å². The van der Waals surface area contributed by atoms with Crippen molar-refractivity contribution in [2.45, 2.75) is 26.1 Å². The van der Waals surface area contributed by atoms with Crippen LogP contribution in [0.2, 0.25) is 19.1 Å². The van der Waals surface area contributed by atoms with E-state index < -0.39 is 8.07 Å². The van der Waals surface area contributed by atoms with Gasteiger partial charge in [-0.3, -0.25) is 4.98 Å². The lowest BCUT2D eigenvalue weighted by Crippen LogP contribution is -2.42. The molecule has 1 rings (SSSR count). The minimum absolute atomic E-state index is 1.10. The molecule has 0 saturated heterocycles. The molecule has 1 heterocycles. The normalized spacial score (nSPS) is 11.3. The van der Waals surface area contributed by atoms with E-state index in [2.05, 4.69) is 43.7 Å². The van der Waals surface area contributed by atoms with Crippen LogP contribution in [-0.4, -0.2) is 13.1 Å². The summed E-state index contributed by atoms with van der Waals surface area (Å²) in [4.78, 5) is 4.48. The standard InChI is InChI=1S/C11H17NSi/c1-5-8-13(3,4)11-7-6-10(2)9-12-11/h5-7,9H,1,8H2,2-4H3. The van der Waals surface area contributed by atoms with Crippen LogP contribution in [0, 0.1) is 6.92 Å². The zero-order valence-corrected chi connectivity index (χ0v) is 9.67. The second-order valence-corrected chi connectivity index (χ2v) is 8.79. The Kier molecular flexibility index (Phi) is 3.04. The van der Waals surface area contributed by atoms with E-state index in [1.165, 1.54) is 10.9 Å². The van der Waals surface area contributed by atoms with E-state index in [-0.39, 0.29) is 0 Å². The SMILES string of the molecule is C=CC[Si](C)(C)c1ccc(C)cn1. The molecule has 13 heavy (non-hydrogen) atoms. The summed E-state index contributed by atoms with van der Waals surface area (Å²) >= 11 is 0. The first-order chi connectivity index (χ1) is 6.06. The smallest absolute Gasteiger partial charge is 0.108 e. The molecule has 1 nitrogen and oxygen atoms in total. The second kappa shape index (κ2) is 3.88. The Morgan fingerprint density at radius 1 is 1.46 bits per heavy atom. The lowest BCUT2D eigenvalue weighted by atomic mass is 10.3. The molecule has 0 spiro atoms. The average Bonchev–Trinajstić information content (AvgIpc) is 2.05. The number of allylic oxidation sites excluding steroid dienone is 1. The molecule has 0 radical (unpaired) electrons. The number of hydrogen-bond acceptors (Lipinski definition) is 1. The van der Waals surface area contributed by atoms with E-state index in [4.69, 9.17) is 0 Å². The molecule has 0 aliphatic rings. The molecule has 0 atom stereocenters. The maximum atomic E-state index is 4.48. The topological polar surface area (TPSA) is 12.9 Å². The van der Waals surface area contributed by atoms with E-state index in [0.717, 1.165) is 6.04 Å². The minimum atomic E-state index is -1.33. The summed E-state index contributed by atoms with van der Waals surface area (Å²) in [5.74, 6) is 0. The third-order valence-corrected chi connectivity index (χ3v) is 5.25. The molecular formula is C11H17NSi. The zero-order valence-electron chi connectivity index (χ0n) is 8.67. The molecule has 1 aromatic heterocycles. The minimum Gasteiger partial charge on any atom is -0.266 e. The Morgan fingerprint density at radius 2 is 2.15 bits per heavy atom. The van der Waals surface area contributed by atoms with Gasteiger partial charge in [0, 0.05) is 11.5 Å². The Bertz CT molecular complexity index is 287. The first-order valence-corrected chi connectivity index (χ1v) is 7.81. The molecule has 0 unspecified atom stereocenters. The van der Waals surface area contributed by atoms with Crippen molar-refractivity contribution in [2.75, 3.05) is 0 Å². The molecule has 0 aliphatic heterocycles. The van der Waals surface area contributed by atoms with Gasteiger partial charge in [0.05, 0.1) is 0 Å². The molecule has 0 bridgehead atoms. The number of hydrogen-bond donors (Lipinski definition) is 0. The molecular weight excluding hydrogens is 174 g/mol. The first-order valence-electron chi connectivity index (χ1n) is 4.60. The van der Waals surface area contributed by atoms with Gasteiger partial charge in [-0.1, -0.05) is 25.2 Å². The third-order valence-electron chi connectivity index (χ3n) is 2.26. The summed E-state index contributed by atoms with van der Waals surface area (Å²) in [6, 6.07) is 5.40. The van der Waals surface area contributed by atoms with Crippen LogP contribution >= 0.6 is 0 Å². The van der Waals surface area contributed by atoms with Gasteiger partial charge < -0.3 is 0 Å². The fourth-order valence-corrected chi connectivity index (χ4v) is 3.21. The van der Waals surface area contributed by atoms with Crippen LogP contribution in [0.3, 0.4) is 0 Å². The predicted molar refractivity (Wildman–Crippen MR) is 61.1 cm³/mol. The molecule has 0 N–H and O–H groups in total. The van der Waals surface area contributed by atoms with Crippen molar-refractivity contribution in [1.82, 2.24) is 4.98 Å². The Hall–Kier alpha value is -0.893. The molecule has 0 amide bonds. The van der Waals surface area contributed by atoms with E-state index in [0.29, 0.717) is 0 Å². The molecule has 0 aliphatic carbocycles. The van der Waals surface area contributed by atoms with Crippen molar-refractivity contribution in [2.24, 2.45) is 0 Å². The lowest BCUT2D eigenvalue weighted by molar-refractivity contribution is 1.29. The highest BCUT2D eigenvalue weighted by Crippen LogP contribution is 2.08. The van der Waals surface area contributed by atoms with Gasteiger partial charge in [-0.25, -0.2) is 0 Å². The Balaban J connectivity index is 2.93. The summed E-state index contributed by atoms with van der Waals surface area (Å²) in [6.45, 7) is 10.5. The fourth-order valence-electron chi connectivity index (χ4n) is 1.33. The van der Waals surface area contributed by atoms with Crippen molar-refractivity contribution < 1.29 is 0 Å². The van der Waals surface area contributed by atoms with E-state index in [9.17, 15) is 0 Å². The third kappa shape index (κ3) is 2.52. The first kappa shape index (κ1) is 10.2. The molecule has 0 fully saturated rings. The maximum Gasteiger partial charge on any atom is 0.108 e. The average molecular weight is 191 g/mol. The maximum absolute atomic E-state index is 4.48. The number of nitrogens with zero attached hydrogens (tertiary/aromatic N) is 1. The van der Waals surface area contributed by atoms with Gasteiger partial charge in [0.2, 0.25) is 0 Å². The molecule has 70 valence electrons. The van der Waals surface area contributed by atoms with Crippen LogP contribution < -0.4 is 5.32 Å². The molecule has 0 aromatic carbocycles. The lowest BCUT2D eigenvalue weighted by Gasteiger charge is -2.19. The molecule has 0 saturated carbocycles. The van der Waals surface area contributed by atoms with Crippen molar-refractivity contribution in [3.05, 3.63) is 36.5 Å². The van der Waals surface area contributed by atoms with Crippen LogP contribution in [0.4, 0.5) is 0 Å². The van der Waals surface area contributed by atoms with Crippen molar-refractivity contribution >= 4 is 13.4 Å². The van der Waals surface area contributed by atoms with Crippen LogP contribution in [0.5, 0.6) is 0 Å². The van der Waals surface area contributed by atoms with Crippen molar-refractivity contribution in [3.8, 4) is 0 Å².